The molecular weight excluding hydrogens is 419 g/mol. The van der Waals surface area contributed by atoms with Gasteiger partial charge in [0.1, 0.15) is 0 Å². The summed E-state index contributed by atoms with van der Waals surface area (Å²) in [5.41, 5.74) is 3.80. The van der Waals surface area contributed by atoms with E-state index >= 15 is 0 Å². The number of nitrogens with one attached hydrogen (secondary N) is 2. The van der Waals surface area contributed by atoms with Crippen LogP contribution >= 0.6 is 35.3 Å². The topological polar surface area (TPSA) is 49.3 Å². The summed E-state index contributed by atoms with van der Waals surface area (Å²) in [5.74, 6) is 0.847. The molecule has 0 fully saturated rings. The minimum atomic E-state index is 0. The zero-order chi connectivity index (χ0) is 15.8. The van der Waals surface area contributed by atoms with Crippen LogP contribution in [0.4, 0.5) is 0 Å². The van der Waals surface area contributed by atoms with Crippen molar-refractivity contribution >= 4 is 41.3 Å². The molecule has 4 nitrogen and oxygen atoms in total. The molecule has 0 saturated carbocycles. The highest BCUT2D eigenvalue weighted by Gasteiger charge is 2.01. The van der Waals surface area contributed by atoms with Crippen LogP contribution in [-0.2, 0) is 12.8 Å². The fraction of sp³-hybridized carbons (Fsp3) is 0.412. The van der Waals surface area contributed by atoms with Crippen LogP contribution in [0.5, 0.6) is 0 Å². The van der Waals surface area contributed by atoms with Gasteiger partial charge in [-0.2, -0.15) is 0 Å². The van der Waals surface area contributed by atoms with Crippen LogP contribution in [-0.4, -0.2) is 31.1 Å². The maximum Gasteiger partial charge on any atom is 0.190 e. The molecule has 1 aromatic heterocycles. The largest absolute Gasteiger partial charge is 0.356 e. The third-order valence-electron chi connectivity index (χ3n) is 3.35. The first-order valence-corrected chi connectivity index (χ1v) is 8.46. The number of thiazole rings is 1. The van der Waals surface area contributed by atoms with Crippen molar-refractivity contribution in [1.29, 1.82) is 0 Å². The highest BCUT2D eigenvalue weighted by molar-refractivity contribution is 14.0. The van der Waals surface area contributed by atoms with Crippen LogP contribution in [0.15, 0.2) is 34.6 Å². The Kier molecular flexibility index (Phi) is 9.16. The first-order valence-electron chi connectivity index (χ1n) is 7.58. The summed E-state index contributed by atoms with van der Waals surface area (Å²) < 4.78 is 0. The second kappa shape index (κ2) is 10.6. The quantitative estimate of drug-likeness (QED) is 0.408. The fourth-order valence-electron chi connectivity index (χ4n) is 2.25. The molecule has 1 aromatic carbocycles. The molecule has 0 aliphatic heterocycles. The summed E-state index contributed by atoms with van der Waals surface area (Å²) in [7, 11) is 1.80. The van der Waals surface area contributed by atoms with E-state index in [1.165, 1.54) is 11.1 Å². The first kappa shape index (κ1) is 19.9. The molecule has 2 N–H and O–H groups in total. The number of rotatable bonds is 6. The number of hydrogen-bond donors (Lipinski definition) is 2. The summed E-state index contributed by atoms with van der Waals surface area (Å²) in [6, 6.07) is 8.61. The Labute approximate surface area is 159 Å². The van der Waals surface area contributed by atoms with Gasteiger partial charge in [0.25, 0.3) is 0 Å². The second-order valence-corrected chi connectivity index (χ2v) is 6.33. The normalized spacial score (nSPS) is 11.0. The average molecular weight is 444 g/mol. The number of aryl methyl sites for hydroxylation is 2. The van der Waals surface area contributed by atoms with Gasteiger partial charge in [-0.05, 0) is 25.8 Å². The SMILES string of the molecule is CN=C(NCCc1cccc(C)c1)NCCc1csc(C)n1.I. The molecule has 0 radical (unpaired) electrons. The zero-order valence-electron chi connectivity index (χ0n) is 13.9. The first-order chi connectivity index (χ1) is 10.7. The van der Waals surface area contributed by atoms with Crippen molar-refractivity contribution in [2.24, 2.45) is 4.99 Å². The van der Waals surface area contributed by atoms with E-state index in [2.05, 4.69) is 57.2 Å². The maximum atomic E-state index is 4.46. The number of benzene rings is 1. The van der Waals surface area contributed by atoms with E-state index in [4.69, 9.17) is 0 Å². The van der Waals surface area contributed by atoms with Gasteiger partial charge in [-0.25, -0.2) is 4.98 Å². The van der Waals surface area contributed by atoms with Gasteiger partial charge in [-0.15, -0.1) is 35.3 Å². The predicted octanol–water partition coefficient (Wildman–Crippen LogP) is 3.33. The highest BCUT2D eigenvalue weighted by Crippen LogP contribution is 2.07. The Morgan fingerprint density at radius 2 is 1.91 bits per heavy atom. The summed E-state index contributed by atoms with van der Waals surface area (Å²) in [5, 5.41) is 9.92. The van der Waals surface area contributed by atoms with Crippen LogP contribution in [0.2, 0.25) is 0 Å². The lowest BCUT2D eigenvalue weighted by Crippen LogP contribution is -2.39. The Hall–Kier alpha value is -1.15. The lowest BCUT2D eigenvalue weighted by molar-refractivity contribution is 0.777. The van der Waals surface area contributed by atoms with Crippen molar-refractivity contribution in [2.45, 2.75) is 26.7 Å². The monoisotopic (exact) mass is 444 g/mol. The van der Waals surface area contributed by atoms with Crippen molar-refractivity contribution < 1.29 is 0 Å². The predicted molar refractivity (Wildman–Crippen MR) is 110 cm³/mol. The molecule has 6 heteroatoms. The van der Waals surface area contributed by atoms with Gasteiger partial charge in [0.15, 0.2) is 5.96 Å². The highest BCUT2D eigenvalue weighted by atomic mass is 127. The number of guanidine groups is 1. The van der Waals surface area contributed by atoms with Crippen molar-refractivity contribution in [3.63, 3.8) is 0 Å². The van der Waals surface area contributed by atoms with Gasteiger partial charge in [0, 0.05) is 31.9 Å². The van der Waals surface area contributed by atoms with Crippen LogP contribution in [0.3, 0.4) is 0 Å². The minimum absolute atomic E-state index is 0. The number of aliphatic imine (C=N–C) groups is 1. The minimum Gasteiger partial charge on any atom is -0.356 e. The number of aromatic nitrogens is 1. The third kappa shape index (κ3) is 7.30. The lowest BCUT2D eigenvalue weighted by atomic mass is 10.1. The summed E-state index contributed by atoms with van der Waals surface area (Å²) >= 11 is 1.70. The molecule has 1 heterocycles. The Morgan fingerprint density at radius 3 is 2.52 bits per heavy atom. The van der Waals surface area contributed by atoms with Gasteiger partial charge >= 0.3 is 0 Å². The lowest BCUT2D eigenvalue weighted by Gasteiger charge is -2.11. The van der Waals surface area contributed by atoms with E-state index in [0.717, 1.165) is 42.6 Å². The summed E-state index contributed by atoms with van der Waals surface area (Å²) in [4.78, 5) is 8.71. The van der Waals surface area contributed by atoms with Crippen molar-refractivity contribution in [1.82, 2.24) is 15.6 Å². The molecule has 0 unspecified atom stereocenters. The van der Waals surface area contributed by atoms with Crippen molar-refractivity contribution in [2.75, 3.05) is 20.1 Å². The van der Waals surface area contributed by atoms with E-state index in [-0.39, 0.29) is 24.0 Å². The molecule has 0 saturated heterocycles. The third-order valence-corrected chi connectivity index (χ3v) is 4.17. The molecular formula is C17H25IN4S. The van der Waals surface area contributed by atoms with Gasteiger partial charge in [0.05, 0.1) is 10.7 Å². The maximum absolute atomic E-state index is 4.46. The molecule has 0 aliphatic rings. The zero-order valence-corrected chi connectivity index (χ0v) is 17.1. The smallest absolute Gasteiger partial charge is 0.190 e. The second-order valence-electron chi connectivity index (χ2n) is 5.27. The van der Waals surface area contributed by atoms with Gasteiger partial charge < -0.3 is 10.6 Å². The van der Waals surface area contributed by atoms with Crippen LogP contribution in [0.25, 0.3) is 0 Å². The standard InChI is InChI=1S/C17H24N4S.HI/c1-13-5-4-6-15(11-13)7-9-19-17(18-3)20-10-8-16-12-22-14(2)21-16;/h4-6,11-12H,7-10H2,1-3H3,(H2,18,19,20);1H. The van der Waals surface area contributed by atoms with Gasteiger partial charge in [-0.1, -0.05) is 29.8 Å². The van der Waals surface area contributed by atoms with Crippen LogP contribution in [0.1, 0.15) is 21.8 Å². The molecule has 0 atom stereocenters. The molecule has 0 aliphatic carbocycles. The van der Waals surface area contributed by atoms with Crippen molar-refractivity contribution in [3.05, 3.63) is 51.5 Å². The van der Waals surface area contributed by atoms with Crippen LogP contribution in [0, 0.1) is 13.8 Å². The van der Waals surface area contributed by atoms with Gasteiger partial charge in [0.2, 0.25) is 0 Å². The molecule has 23 heavy (non-hydrogen) atoms. The van der Waals surface area contributed by atoms with E-state index in [9.17, 15) is 0 Å². The van der Waals surface area contributed by atoms with E-state index in [0.29, 0.717) is 0 Å². The Bertz CT molecular complexity index is 625. The molecule has 0 spiro atoms. The van der Waals surface area contributed by atoms with E-state index in [1.54, 1.807) is 18.4 Å². The van der Waals surface area contributed by atoms with Crippen molar-refractivity contribution in [3.8, 4) is 0 Å². The fourth-order valence-corrected chi connectivity index (χ4v) is 2.89. The molecule has 2 aromatic rings. The van der Waals surface area contributed by atoms with Gasteiger partial charge in [-0.3, -0.25) is 4.99 Å². The molecule has 2 rings (SSSR count). The number of hydrogen-bond acceptors (Lipinski definition) is 3. The average Bonchev–Trinajstić information content (AvgIpc) is 2.91. The molecule has 0 bridgehead atoms. The number of nitrogens with zero attached hydrogens (tertiary/aromatic N) is 2. The molecule has 126 valence electrons. The summed E-state index contributed by atoms with van der Waals surface area (Å²) in [6.07, 6.45) is 1.91. The molecule has 0 amide bonds. The Balaban J connectivity index is 0.00000264. The van der Waals surface area contributed by atoms with Crippen LogP contribution < -0.4 is 10.6 Å². The van der Waals surface area contributed by atoms with E-state index in [1.807, 2.05) is 6.92 Å². The van der Waals surface area contributed by atoms with E-state index < -0.39 is 0 Å². The summed E-state index contributed by atoms with van der Waals surface area (Å²) in [6.45, 7) is 5.87. The number of halogens is 1. The Morgan fingerprint density at radius 1 is 1.17 bits per heavy atom.